The molecule has 1 aromatic rings. The Labute approximate surface area is 117 Å². The molecule has 1 aromatic carbocycles. The molecule has 0 heterocycles. The van der Waals surface area contributed by atoms with E-state index < -0.39 is 16.4 Å². The molecule has 0 radical (unpaired) electrons. The van der Waals surface area contributed by atoms with Crippen LogP contribution < -0.4 is 5.73 Å². The molecule has 0 fully saturated rings. The summed E-state index contributed by atoms with van der Waals surface area (Å²) in [5.74, 6) is -0.410. The fraction of sp³-hybridized carbons (Fsp3) is 0.385. The smallest absolute Gasteiger partial charge is 0.225 e. The average Bonchev–Trinajstić information content (AvgIpc) is 2.37. The van der Waals surface area contributed by atoms with Crippen molar-refractivity contribution in [2.45, 2.75) is 26.3 Å². The van der Waals surface area contributed by atoms with Crippen molar-refractivity contribution in [3.8, 4) is 0 Å². The van der Waals surface area contributed by atoms with Crippen molar-refractivity contribution in [3.05, 3.63) is 35.9 Å². The Morgan fingerprint density at radius 2 is 1.78 bits per heavy atom. The van der Waals surface area contributed by atoms with Crippen LogP contribution in [0.25, 0.3) is 0 Å². The van der Waals surface area contributed by atoms with Gasteiger partial charge < -0.3 is 5.73 Å². The Morgan fingerprint density at radius 3 is 2.00 bits per heavy atom. The van der Waals surface area contributed by atoms with Gasteiger partial charge in [0.2, 0.25) is 10.5 Å². The van der Waals surface area contributed by atoms with E-state index >= 15 is 0 Å². The molecule has 0 aliphatic heterocycles. The van der Waals surface area contributed by atoms with E-state index in [1.807, 2.05) is 30.3 Å². The summed E-state index contributed by atoms with van der Waals surface area (Å²) >= 11 is 10.2. The van der Waals surface area contributed by atoms with Crippen molar-refractivity contribution in [3.63, 3.8) is 0 Å². The Bertz CT molecular complexity index is 369. The molecule has 1 unspecified atom stereocenters. The van der Waals surface area contributed by atoms with Gasteiger partial charge in [-0.2, -0.15) is 0 Å². The zero-order chi connectivity index (χ0) is 14.0. The van der Waals surface area contributed by atoms with Crippen LogP contribution in [0.4, 0.5) is 0 Å². The molecule has 0 spiro atoms. The molecule has 0 saturated heterocycles. The van der Waals surface area contributed by atoms with Gasteiger partial charge in [0.15, 0.2) is 0 Å². The molecular formula is C13H17Cl2NO2. The maximum atomic E-state index is 10.5. The van der Waals surface area contributed by atoms with E-state index in [2.05, 4.69) is 0 Å². The van der Waals surface area contributed by atoms with Gasteiger partial charge in [-0.25, -0.2) is 0 Å². The Morgan fingerprint density at radius 1 is 1.22 bits per heavy atom. The number of hydrogen-bond acceptors (Lipinski definition) is 3. The van der Waals surface area contributed by atoms with Crippen molar-refractivity contribution in [1.29, 1.82) is 0 Å². The second-order valence-corrected chi connectivity index (χ2v) is 4.45. The van der Waals surface area contributed by atoms with Crippen molar-refractivity contribution >= 4 is 33.7 Å². The quantitative estimate of drug-likeness (QED) is 0.848. The van der Waals surface area contributed by atoms with Gasteiger partial charge in [-0.3, -0.25) is 9.59 Å². The molecule has 0 aliphatic carbocycles. The predicted octanol–water partition coefficient (Wildman–Crippen LogP) is 3.08. The summed E-state index contributed by atoms with van der Waals surface area (Å²) in [6.07, 6.45) is 0.598. The lowest BCUT2D eigenvalue weighted by Crippen LogP contribution is -2.10. The Balaban J connectivity index is 0.000000327. The van der Waals surface area contributed by atoms with Gasteiger partial charge in [0.25, 0.3) is 0 Å². The first-order valence-corrected chi connectivity index (χ1v) is 6.38. The first-order valence-electron chi connectivity index (χ1n) is 5.62. The molecule has 0 aliphatic rings. The van der Waals surface area contributed by atoms with Crippen LogP contribution in [0.15, 0.2) is 30.3 Å². The summed E-state index contributed by atoms with van der Waals surface area (Å²) in [5.41, 5.74) is 6.54. The maximum absolute atomic E-state index is 10.5. The van der Waals surface area contributed by atoms with Crippen molar-refractivity contribution in [1.82, 2.24) is 0 Å². The van der Waals surface area contributed by atoms with Crippen LogP contribution in [0.2, 0.25) is 0 Å². The highest BCUT2D eigenvalue weighted by Gasteiger charge is 2.16. The zero-order valence-corrected chi connectivity index (χ0v) is 11.7. The fourth-order valence-corrected chi connectivity index (χ4v) is 1.61. The minimum absolute atomic E-state index is 0.0421. The topological polar surface area (TPSA) is 60.2 Å². The lowest BCUT2D eigenvalue weighted by molar-refractivity contribution is -0.119. The van der Waals surface area contributed by atoms with E-state index in [1.165, 1.54) is 5.56 Å². The lowest BCUT2D eigenvalue weighted by atomic mass is 10.1. The number of hydrogen-bond donors (Lipinski definition) is 1. The number of rotatable bonds is 5. The molecule has 3 nitrogen and oxygen atoms in total. The molecule has 0 aromatic heterocycles. The number of benzene rings is 1. The molecular weight excluding hydrogens is 273 g/mol. The van der Waals surface area contributed by atoms with Gasteiger partial charge >= 0.3 is 0 Å². The molecule has 5 heteroatoms. The molecule has 2 N–H and O–H groups in total. The fourth-order valence-electron chi connectivity index (χ4n) is 1.19. The van der Waals surface area contributed by atoms with E-state index in [0.29, 0.717) is 13.0 Å². The second kappa shape index (κ2) is 10.1. The summed E-state index contributed by atoms with van der Waals surface area (Å²) < 4.78 is 0. The summed E-state index contributed by atoms with van der Waals surface area (Å²) in [5, 5.41) is -1.00. The number of carbonyl (C=O) groups excluding carboxylic acids is 2. The molecule has 18 heavy (non-hydrogen) atoms. The van der Waals surface area contributed by atoms with Crippen LogP contribution >= 0.6 is 23.2 Å². The van der Waals surface area contributed by atoms with Crippen LogP contribution in [-0.4, -0.2) is 10.5 Å². The van der Waals surface area contributed by atoms with E-state index in [-0.39, 0.29) is 6.42 Å². The molecule has 1 atom stereocenters. The zero-order valence-electron chi connectivity index (χ0n) is 10.2. The van der Waals surface area contributed by atoms with Crippen LogP contribution in [0.5, 0.6) is 0 Å². The van der Waals surface area contributed by atoms with E-state index in [9.17, 15) is 9.59 Å². The summed E-state index contributed by atoms with van der Waals surface area (Å²) in [6, 6.07) is 9.99. The largest absolute Gasteiger partial charge is 0.326 e. The SMILES string of the molecule is CCC(CC(=O)Cl)C(=O)Cl.NCc1ccccc1. The standard InChI is InChI=1S/C7H9N.C6H8Cl2O2/c8-6-7-4-2-1-3-5-7;1-2-4(6(8)10)3-5(7)9/h1-5H,6,8H2;4H,2-3H2,1H3. The summed E-state index contributed by atoms with van der Waals surface area (Å²) in [4.78, 5) is 20.7. The highest BCUT2D eigenvalue weighted by Crippen LogP contribution is 2.13. The van der Waals surface area contributed by atoms with Crippen molar-refractivity contribution < 1.29 is 9.59 Å². The summed E-state index contributed by atoms with van der Waals surface area (Å²) in [7, 11) is 0. The lowest BCUT2D eigenvalue weighted by Gasteiger charge is -2.03. The van der Waals surface area contributed by atoms with Gasteiger partial charge in [-0.15, -0.1) is 0 Å². The Kier molecular flexibility index (Phi) is 9.56. The highest BCUT2D eigenvalue weighted by molar-refractivity contribution is 6.66. The molecule has 100 valence electrons. The molecule has 0 bridgehead atoms. The third-order valence-corrected chi connectivity index (χ3v) is 2.76. The van der Waals surface area contributed by atoms with Gasteiger partial charge in [0, 0.05) is 18.9 Å². The third-order valence-electron chi connectivity index (χ3n) is 2.30. The maximum Gasteiger partial charge on any atom is 0.225 e. The van der Waals surface area contributed by atoms with E-state index in [4.69, 9.17) is 28.9 Å². The Hall–Kier alpha value is -0.900. The van der Waals surface area contributed by atoms with Crippen molar-refractivity contribution in [2.24, 2.45) is 11.7 Å². The number of carbonyl (C=O) groups is 2. The minimum Gasteiger partial charge on any atom is -0.326 e. The number of halogens is 2. The van der Waals surface area contributed by atoms with Gasteiger partial charge in [-0.1, -0.05) is 37.3 Å². The molecule has 1 rings (SSSR count). The van der Waals surface area contributed by atoms with Gasteiger partial charge in [0.05, 0.1) is 0 Å². The normalized spacial score (nSPS) is 11.1. The monoisotopic (exact) mass is 289 g/mol. The first kappa shape index (κ1) is 17.1. The van der Waals surface area contributed by atoms with Crippen LogP contribution in [-0.2, 0) is 16.1 Å². The minimum atomic E-state index is -0.513. The second-order valence-electron chi connectivity index (χ2n) is 3.66. The molecule has 0 amide bonds. The summed E-state index contributed by atoms with van der Waals surface area (Å²) in [6.45, 7) is 2.42. The van der Waals surface area contributed by atoms with Crippen LogP contribution in [0, 0.1) is 5.92 Å². The molecule has 0 saturated carbocycles. The van der Waals surface area contributed by atoms with Crippen molar-refractivity contribution in [2.75, 3.05) is 0 Å². The van der Waals surface area contributed by atoms with E-state index in [1.54, 1.807) is 6.92 Å². The average molecular weight is 290 g/mol. The van der Waals surface area contributed by atoms with Crippen LogP contribution in [0.3, 0.4) is 0 Å². The highest BCUT2D eigenvalue weighted by atomic mass is 35.5. The number of nitrogens with two attached hydrogens (primary N) is 1. The first-order chi connectivity index (χ1) is 8.51. The van der Waals surface area contributed by atoms with Gasteiger partial charge in [0.1, 0.15) is 0 Å². The van der Waals surface area contributed by atoms with Gasteiger partial charge in [-0.05, 0) is 35.2 Å². The third kappa shape index (κ3) is 8.23. The predicted molar refractivity (Wildman–Crippen MR) is 74.5 cm³/mol. The van der Waals surface area contributed by atoms with E-state index in [0.717, 1.165) is 0 Å². The van der Waals surface area contributed by atoms with Crippen LogP contribution in [0.1, 0.15) is 25.3 Å².